The maximum Gasteiger partial charge on any atom is 0.224 e. The third-order valence-corrected chi connectivity index (χ3v) is 5.09. The van der Waals surface area contributed by atoms with E-state index in [0.29, 0.717) is 24.3 Å². The van der Waals surface area contributed by atoms with Gasteiger partial charge in [-0.25, -0.2) is 0 Å². The summed E-state index contributed by atoms with van der Waals surface area (Å²) in [5, 5.41) is 3.48. The maximum atomic E-state index is 12.8. The van der Waals surface area contributed by atoms with Crippen molar-refractivity contribution in [2.24, 2.45) is 5.92 Å². The second-order valence-corrected chi connectivity index (χ2v) is 7.27. The van der Waals surface area contributed by atoms with Gasteiger partial charge < -0.3 is 10.2 Å². The van der Waals surface area contributed by atoms with Crippen molar-refractivity contribution < 1.29 is 4.79 Å². The Hall–Kier alpha value is -0.570. The van der Waals surface area contributed by atoms with E-state index in [1.54, 1.807) is 0 Å². The zero-order valence-electron chi connectivity index (χ0n) is 13.6. The first kappa shape index (κ1) is 15.8. The van der Waals surface area contributed by atoms with Crippen molar-refractivity contribution in [3.8, 4) is 0 Å². The molecule has 0 bridgehead atoms. The van der Waals surface area contributed by atoms with E-state index in [2.05, 4.69) is 24.1 Å². The maximum absolute atomic E-state index is 12.8. The summed E-state index contributed by atoms with van der Waals surface area (Å²) in [5.41, 5.74) is 0.0836. The van der Waals surface area contributed by atoms with Gasteiger partial charge in [0.1, 0.15) is 0 Å². The SMILES string of the molecule is CNC1(CC(=O)N(CCC(C)C)C2CC2)CCCCC1. The fraction of sp³-hybridized carbons (Fsp3) is 0.941. The molecule has 0 heterocycles. The van der Waals surface area contributed by atoms with Crippen LogP contribution in [0.15, 0.2) is 0 Å². The van der Waals surface area contributed by atoms with E-state index in [-0.39, 0.29) is 5.54 Å². The summed E-state index contributed by atoms with van der Waals surface area (Å²) in [4.78, 5) is 14.9. The number of nitrogens with one attached hydrogen (secondary N) is 1. The van der Waals surface area contributed by atoms with Gasteiger partial charge in [-0.15, -0.1) is 0 Å². The summed E-state index contributed by atoms with van der Waals surface area (Å²) in [6.07, 6.45) is 10.5. The lowest BCUT2D eigenvalue weighted by Crippen LogP contribution is -2.49. The summed E-state index contributed by atoms with van der Waals surface area (Å²) in [5.74, 6) is 1.07. The number of hydrogen-bond acceptors (Lipinski definition) is 2. The van der Waals surface area contributed by atoms with Gasteiger partial charge in [0.25, 0.3) is 0 Å². The van der Waals surface area contributed by atoms with Gasteiger partial charge in [0, 0.05) is 24.5 Å². The lowest BCUT2D eigenvalue weighted by molar-refractivity contribution is -0.134. The molecule has 2 saturated carbocycles. The molecule has 0 spiro atoms. The number of rotatable bonds is 7. The molecular formula is C17H32N2O. The van der Waals surface area contributed by atoms with Crippen LogP contribution in [0.3, 0.4) is 0 Å². The Morgan fingerprint density at radius 1 is 1.25 bits per heavy atom. The van der Waals surface area contributed by atoms with Crippen LogP contribution in [-0.4, -0.2) is 36.0 Å². The molecule has 3 heteroatoms. The molecule has 1 amide bonds. The summed E-state index contributed by atoms with van der Waals surface area (Å²) < 4.78 is 0. The van der Waals surface area contributed by atoms with Gasteiger partial charge in [-0.05, 0) is 45.1 Å². The standard InChI is InChI=1S/C17H32N2O/c1-14(2)9-12-19(15-7-8-15)16(20)13-17(18-3)10-5-4-6-11-17/h14-15,18H,4-13H2,1-3H3. The summed E-state index contributed by atoms with van der Waals surface area (Å²) in [7, 11) is 2.04. The van der Waals surface area contributed by atoms with E-state index in [9.17, 15) is 4.79 Å². The molecule has 0 saturated heterocycles. The van der Waals surface area contributed by atoms with Crippen LogP contribution in [0.1, 0.15) is 71.6 Å². The first-order valence-electron chi connectivity index (χ1n) is 8.55. The Morgan fingerprint density at radius 3 is 2.40 bits per heavy atom. The molecule has 116 valence electrons. The molecule has 2 fully saturated rings. The van der Waals surface area contributed by atoms with Crippen LogP contribution in [0.25, 0.3) is 0 Å². The van der Waals surface area contributed by atoms with E-state index in [0.717, 1.165) is 25.8 Å². The zero-order valence-corrected chi connectivity index (χ0v) is 13.6. The van der Waals surface area contributed by atoms with E-state index in [1.807, 2.05) is 7.05 Å². The fourth-order valence-corrected chi connectivity index (χ4v) is 3.43. The van der Waals surface area contributed by atoms with Crippen molar-refractivity contribution in [2.75, 3.05) is 13.6 Å². The Kier molecular flexibility index (Phi) is 5.48. The van der Waals surface area contributed by atoms with E-state index < -0.39 is 0 Å². The Balaban J connectivity index is 1.92. The number of carbonyl (C=O) groups is 1. The molecule has 20 heavy (non-hydrogen) atoms. The largest absolute Gasteiger partial charge is 0.340 e. The minimum Gasteiger partial charge on any atom is -0.340 e. The highest BCUT2D eigenvalue weighted by molar-refractivity contribution is 5.78. The summed E-state index contributed by atoms with van der Waals surface area (Å²) in [6.45, 7) is 5.44. The molecule has 0 aromatic heterocycles. The number of hydrogen-bond donors (Lipinski definition) is 1. The molecule has 0 unspecified atom stereocenters. The molecule has 3 nitrogen and oxygen atoms in total. The van der Waals surface area contributed by atoms with Gasteiger partial charge in [-0.2, -0.15) is 0 Å². The van der Waals surface area contributed by atoms with E-state index in [1.165, 1.54) is 32.1 Å². The van der Waals surface area contributed by atoms with Crippen molar-refractivity contribution in [1.29, 1.82) is 0 Å². The van der Waals surface area contributed by atoms with Crippen molar-refractivity contribution in [2.45, 2.75) is 83.2 Å². The van der Waals surface area contributed by atoms with Gasteiger partial charge in [0.2, 0.25) is 5.91 Å². The third kappa shape index (κ3) is 4.21. The van der Waals surface area contributed by atoms with Gasteiger partial charge in [0.05, 0.1) is 0 Å². The van der Waals surface area contributed by atoms with Gasteiger partial charge in [-0.1, -0.05) is 33.1 Å². The topological polar surface area (TPSA) is 32.3 Å². The number of carbonyl (C=O) groups excluding carboxylic acids is 1. The molecule has 0 aliphatic heterocycles. The minimum absolute atomic E-state index is 0.0836. The highest BCUT2D eigenvalue weighted by Crippen LogP contribution is 2.34. The van der Waals surface area contributed by atoms with Gasteiger partial charge >= 0.3 is 0 Å². The first-order chi connectivity index (χ1) is 9.56. The molecule has 2 aliphatic carbocycles. The Bertz CT molecular complexity index is 317. The fourth-order valence-electron chi connectivity index (χ4n) is 3.43. The van der Waals surface area contributed by atoms with E-state index >= 15 is 0 Å². The second-order valence-electron chi connectivity index (χ2n) is 7.27. The van der Waals surface area contributed by atoms with Crippen LogP contribution >= 0.6 is 0 Å². The normalized spacial score (nSPS) is 22.0. The number of nitrogens with zero attached hydrogens (tertiary/aromatic N) is 1. The van der Waals surface area contributed by atoms with Gasteiger partial charge in [0.15, 0.2) is 0 Å². The zero-order chi connectivity index (χ0) is 14.6. The van der Waals surface area contributed by atoms with Crippen molar-refractivity contribution in [3.05, 3.63) is 0 Å². The highest BCUT2D eigenvalue weighted by Gasteiger charge is 2.38. The lowest BCUT2D eigenvalue weighted by atomic mass is 9.79. The van der Waals surface area contributed by atoms with Crippen LogP contribution in [0.4, 0.5) is 0 Å². The average molecular weight is 280 g/mol. The molecule has 1 N–H and O–H groups in total. The Labute approximate surface area is 124 Å². The molecule has 0 aromatic carbocycles. The van der Waals surface area contributed by atoms with Gasteiger partial charge in [-0.3, -0.25) is 4.79 Å². The quantitative estimate of drug-likeness (QED) is 0.776. The van der Waals surface area contributed by atoms with Crippen molar-refractivity contribution in [3.63, 3.8) is 0 Å². The predicted octanol–water partition coefficient (Wildman–Crippen LogP) is 3.34. The van der Waals surface area contributed by atoms with E-state index in [4.69, 9.17) is 0 Å². The third-order valence-electron chi connectivity index (χ3n) is 5.09. The molecule has 0 atom stereocenters. The Morgan fingerprint density at radius 2 is 1.90 bits per heavy atom. The summed E-state index contributed by atoms with van der Waals surface area (Å²) in [6, 6.07) is 0.554. The molecule has 2 aliphatic rings. The van der Waals surface area contributed by atoms with Crippen molar-refractivity contribution >= 4 is 5.91 Å². The number of amides is 1. The molecule has 0 radical (unpaired) electrons. The average Bonchev–Trinajstić information content (AvgIpc) is 3.24. The minimum atomic E-state index is 0.0836. The van der Waals surface area contributed by atoms with Crippen LogP contribution in [0.5, 0.6) is 0 Å². The smallest absolute Gasteiger partial charge is 0.224 e. The summed E-state index contributed by atoms with van der Waals surface area (Å²) >= 11 is 0. The first-order valence-corrected chi connectivity index (χ1v) is 8.55. The second kappa shape index (κ2) is 6.93. The molecule has 2 rings (SSSR count). The van der Waals surface area contributed by atoms with Crippen LogP contribution < -0.4 is 5.32 Å². The monoisotopic (exact) mass is 280 g/mol. The van der Waals surface area contributed by atoms with Crippen molar-refractivity contribution in [1.82, 2.24) is 10.2 Å². The van der Waals surface area contributed by atoms with Crippen LogP contribution in [-0.2, 0) is 4.79 Å². The lowest BCUT2D eigenvalue weighted by Gasteiger charge is -2.38. The van der Waals surface area contributed by atoms with Crippen LogP contribution in [0.2, 0.25) is 0 Å². The van der Waals surface area contributed by atoms with Crippen LogP contribution in [0, 0.1) is 5.92 Å². The highest BCUT2D eigenvalue weighted by atomic mass is 16.2. The predicted molar refractivity (Wildman–Crippen MR) is 83.7 cm³/mol. The molecule has 0 aromatic rings. The molecular weight excluding hydrogens is 248 g/mol.